The van der Waals surface area contributed by atoms with Crippen LogP contribution in [0.4, 0.5) is 0 Å². The number of hydrogen-bond donors (Lipinski definition) is 1. The quantitative estimate of drug-likeness (QED) is 0.850. The van der Waals surface area contributed by atoms with Crippen LogP contribution >= 0.6 is 0 Å². The average molecular weight is 333 g/mol. The molecule has 2 unspecified atom stereocenters. The standard InChI is InChI=1S/C18H27N3O3/c1-13(18(23)21-10-6-8-15(12-21)17(19)22)20(2)11-14-7-4-5-9-16(14)24-3/h4-5,7,9,13,15H,6,8,10-12H2,1-3H3,(H2,19,22). The van der Waals surface area contributed by atoms with Gasteiger partial charge in [0, 0.05) is 25.2 Å². The van der Waals surface area contributed by atoms with Gasteiger partial charge in [-0.3, -0.25) is 14.5 Å². The first-order chi connectivity index (χ1) is 11.4. The Hall–Kier alpha value is -2.08. The minimum Gasteiger partial charge on any atom is -0.496 e. The third kappa shape index (κ3) is 4.26. The highest BCUT2D eigenvalue weighted by molar-refractivity contribution is 5.83. The van der Waals surface area contributed by atoms with E-state index in [1.54, 1.807) is 12.0 Å². The van der Waals surface area contributed by atoms with Gasteiger partial charge in [0.05, 0.1) is 19.1 Å². The number of benzene rings is 1. The van der Waals surface area contributed by atoms with Gasteiger partial charge in [-0.25, -0.2) is 0 Å². The summed E-state index contributed by atoms with van der Waals surface area (Å²) in [6.07, 6.45) is 1.59. The van der Waals surface area contributed by atoms with Crippen molar-refractivity contribution in [3.63, 3.8) is 0 Å². The Balaban J connectivity index is 2.00. The monoisotopic (exact) mass is 333 g/mol. The second kappa shape index (κ2) is 8.15. The topological polar surface area (TPSA) is 75.9 Å². The number of amides is 2. The first kappa shape index (κ1) is 18.3. The molecule has 1 aromatic carbocycles. The van der Waals surface area contributed by atoms with Gasteiger partial charge >= 0.3 is 0 Å². The minimum absolute atomic E-state index is 0.0401. The summed E-state index contributed by atoms with van der Waals surface area (Å²) >= 11 is 0. The molecule has 0 saturated carbocycles. The number of nitrogens with zero attached hydrogens (tertiary/aromatic N) is 2. The van der Waals surface area contributed by atoms with Crippen molar-refractivity contribution in [2.45, 2.75) is 32.4 Å². The Bertz CT molecular complexity index is 591. The van der Waals surface area contributed by atoms with Gasteiger partial charge in [-0.05, 0) is 32.9 Å². The molecule has 6 heteroatoms. The summed E-state index contributed by atoms with van der Waals surface area (Å²) in [5.74, 6) is 0.311. The number of ether oxygens (including phenoxy) is 1. The van der Waals surface area contributed by atoms with Crippen molar-refractivity contribution < 1.29 is 14.3 Å². The number of likely N-dealkylation sites (N-methyl/N-ethyl adjacent to an activating group) is 1. The van der Waals surface area contributed by atoms with Crippen LogP contribution in [0.1, 0.15) is 25.3 Å². The Morgan fingerprint density at radius 3 is 2.79 bits per heavy atom. The SMILES string of the molecule is COc1ccccc1CN(C)C(C)C(=O)N1CCCC(C(N)=O)C1. The molecular weight excluding hydrogens is 306 g/mol. The lowest BCUT2D eigenvalue weighted by Gasteiger charge is -2.35. The second-order valence-corrected chi connectivity index (χ2v) is 6.43. The minimum atomic E-state index is -0.317. The molecular formula is C18H27N3O3. The lowest BCUT2D eigenvalue weighted by atomic mass is 9.97. The van der Waals surface area contributed by atoms with Gasteiger partial charge in [0.1, 0.15) is 5.75 Å². The van der Waals surface area contributed by atoms with E-state index in [-0.39, 0.29) is 23.8 Å². The van der Waals surface area contributed by atoms with Crippen LogP contribution in [0.25, 0.3) is 0 Å². The molecule has 1 heterocycles. The predicted octanol–water partition coefficient (Wildman–Crippen LogP) is 1.24. The number of methoxy groups -OCH3 is 1. The first-order valence-electron chi connectivity index (χ1n) is 8.34. The molecule has 1 aliphatic rings. The van der Waals surface area contributed by atoms with Crippen LogP contribution in [0.2, 0.25) is 0 Å². The zero-order chi connectivity index (χ0) is 17.7. The summed E-state index contributed by atoms with van der Waals surface area (Å²) < 4.78 is 5.37. The van der Waals surface area contributed by atoms with E-state index in [4.69, 9.17) is 10.5 Å². The number of nitrogens with two attached hydrogens (primary N) is 1. The summed E-state index contributed by atoms with van der Waals surface area (Å²) in [5, 5.41) is 0. The van der Waals surface area contributed by atoms with Crippen molar-refractivity contribution in [1.82, 2.24) is 9.80 Å². The number of piperidine rings is 1. The maximum atomic E-state index is 12.8. The number of carbonyl (C=O) groups excluding carboxylic acids is 2. The molecule has 0 spiro atoms. The largest absolute Gasteiger partial charge is 0.496 e. The lowest BCUT2D eigenvalue weighted by molar-refractivity contribution is -0.139. The van der Waals surface area contributed by atoms with Crippen molar-refractivity contribution in [2.24, 2.45) is 11.7 Å². The first-order valence-corrected chi connectivity index (χ1v) is 8.34. The highest BCUT2D eigenvalue weighted by atomic mass is 16.5. The van der Waals surface area contributed by atoms with Gasteiger partial charge in [-0.15, -0.1) is 0 Å². The summed E-state index contributed by atoms with van der Waals surface area (Å²) in [6, 6.07) is 7.52. The summed E-state index contributed by atoms with van der Waals surface area (Å²) in [6.45, 7) is 3.63. The van der Waals surface area contributed by atoms with Crippen LogP contribution in [-0.4, -0.2) is 54.9 Å². The molecule has 1 saturated heterocycles. The van der Waals surface area contributed by atoms with Crippen molar-refractivity contribution in [3.8, 4) is 5.75 Å². The molecule has 2 atom stereocenters. The highest BCUT2D eigenvalue weighted by Crippen LogP contribution is 2.21. The Kier molecular flexibility index (Phi) is 6.20. The van der Waals surface area contributed by atoms with Crippen LogP contribution in [0.15, 0.2) is 24.3 Å². The Morgan fingerprint density at radius 2 is 2.12 bits per heavy atom. The molecule has 1 aromatic rings. The van der Waals surface area contributed by atoms with Crippen molar-refractivity contribution >= 4 is 11.8 Å². The van der Waals surface area contributed by atoms with Crippen LogP contribution in [0.3, 0.4) is 0 Å². The summed E-state index contributed by atoms with van der Waals surface area (Å²) in [7, 11) is 3.57. The normalized spacial score (nSPS) is 19.2. The molecule has 2 N–H and O–H groups in total. The number of para-hydroxylation sites is 1. The molecule has 1 fully saturated rings. The third-order valence-electron chi connectivity index (χ3n) is 4.77. The van der Waals surface area contributed by atoms with E-state index < -0.39 is 0 Å². The van der Waals surface area contributed by atoms with E-state index in [0.29, 0.717) is 19.6 Å². The molecule has 0 bridgehead atoms. The zero-order valence-corrected chi connectivity index (χ0v) is 14.7. The van der Waals surface area contributed by atoms with E-state index in [2.05, 4.69) is 0 Å². The second-order valence-electron chi connectivity index (χ2n) is 6.43. The fourth-order valence-corrected chi connectivity index (χ4v) is 3.10. The molecule has 1 aliphatic heterocycles. The van der Waals surface area contributed by atoms with E-state index in [9.17, 15) is 9.59 Å². The van der Waals surface area contributed by atoms with Gasteiger partial charge in [0.2, 0.25) is 11.8 Å². The van der Waals surface area contributed by atoms with Gasteiger partial charge < -0.3 is 15.4 Å². The summed E-state index contributed by atoms with van der Waals surface area (Å²) in [4.78, 5) is 27.9. The number of likely N-dealkylation sites (tertiary alicyclic amines) is 1. The van der Waals surface area contributed by atoms with Gasteiger partial charge in [0.25, 0.3) is 0 Å². The molecule has 0 aliphatic carbocycles. The van der Waals surface area contributed by atoms with Gasteiger partial charge in [-0.2, -0.15) is 0 Å². The number of hydrogen-bond acceptors (Lipinski definition) is 4. The summed E-state index contributed by atoms with van der Waals surface area (Å²) in [5.41, 5.74) is 6.44. The van der Waals surface area contributed by atoms with E-state index >= 15 is 0 Å². The fourth-order valence-electron chi connectivity index (χ4n) is 3.10. The number of primary amides is 1. The van der Waals surface area contributed by atoms with Crippen molar-refractivity contribution in [1.29, 1.82) is 0 Å². The molecule has 132 valence electrons. The van der Waals surface area contributed by atoms with E-state index in [0.717, 1.165) is 24.2 Å². The van der Waals surface area contributed by atoms with Gasteiger partial charge in [-0.1, -0.05) is 18.2 Å². The lowest BCUT2D eigenvalue weighted by Crippen LogP contribution is -2.50. The molecule has 2 amide bonds. The molecule has 2 rings (SSSR count). The molecule has 24 heavy (non-hydrogen) atoms. The molecule has 6 nitrogen and oxygen atoms in total. The van der Waals surface area contributed by atoms with Gasteiger partial charge in [0.15, 0.2) is 0 Å². The van der Waals surface area contributed by atoms with Crippen LogP contribution in [0.5, 0.6) is 5.75 Å². The Morgan fingerprint density at radius 1 is 1.42 bits per heavy atom. The predicted molar refractivity (Wildman–Crippen MR) is 92.4 cm³/mol. The number of rotatable bonds is 6. The molecule has 0 aromatic heterocycles. The van der Waals surface area contributed by atoms with Crippen LogP contribution in [0, 0.1) is 5.92 Å². The maximum absolute atomic E-state index is 12.8. The molecule has 0 radical (unpaired) electrons. The van der Waals surface area contributed by atoms with E-state index in [1.165, 1.54) is 0 Å². The average Bonchev–Trinajstić information content (AvgIpc) is 2.60. The zero-order valence-electron chi connectivity index (χ0n) is 14.7. The van der Waals surface area contributed by atoms with Crippen LogP contribution < -0.4 is 10.5 Å². The van der Waals surface area contributed by atoms with Crippen LogP contribution in [-0.2, 0) is 16.1 Å². The van der Waals surface area contributed by atoms with Crippen molar-refractivity contribution in [3.05, 3.63) is 29.8 Å². The highest BCUT2D eigenvalue weighted by Gasteiger charge is 2.30. The fraction of sp³-hybridized carbons (Fsp3) is 0.556. The third-order valence-corrected chi connectivity index (χ3v) is 4.77. The smallest absolute Gasteiger partial charge is 0.239 e. The maximum Gasteiger partial charge on any atom is 0.239 e. The van der Waals surface area contributed by atoms with E-state index in [1.807, 2.05) is 43.1 Å². The van der Waals surface area contributed by atoms with Crippen molar-refractivity contribution in [2.75, 3.05) is 27.2 Å². The number of carbonyl (C=O) groups is 2. The Labute approximate surface area is 143 Å².